The molecule has 0 aliphatic rings. The van der Waals surface area contributed by atoms with Crippen molar-refractivity contribution in [3.05, 3.63) is 23.7 Å². The van der Waals surface area contributed by atoms with Crippen LogP contribution in [0.1, 0.15) is 38.2 Å². The molecule has 0 aliphatic carbocycles. The molecule has 0 saturated carbocycles. The minimum absolute atomic E-state index is 0.298. The van der Waals surface area contributed by atoms with E-state index in [9.17, 15) is 0 Å². The van der Waals surface area contributed by atoms with Crippen molar-refractivity contribution in [2.45, 2.75) is 52.1 Å². The van der Waals surface area contributed by atoms with E-state index in [2.05, 4.69) is 28.4 Å². The highest BCUT2D eigenvalue weighted by Crippen LogP contribution is 2.17. The fourth-order valence-corrected chi connectivity index (χ4v) is 2.38. The van der Waals surface area contributed by atoms with Gasteiger partial charge in [-0.3, -0.25) is 0 Å². The number of halogens is 1. The van der Waals surface area contributed by atoms with Gasteiger partial charge in [-0.2, -0.15) is 0 Å². The molecule has 0 radical (unpaired) electrons. The maximum atomic E-state index is 5.99. The summed E-state index contributed by atoms with van der Waals surface area (Å²) in [5.74, 6) is 1.31. The van der Waals surface area contributed by atoms with E-state index in [4.69, 9.17) is 16.3 Å². The Labute approximate surface area is 125 Å². The van der Waals surface area contributed by atoms with Gasteiger partial charge in [0, 0.05) is 18.8 Å². The predicted molar refractivity (Wildman–Crippen MR) is 82.1 cm³/mol. The van der Waals surface area contributed by atoms with Crippen molar-refractivity contribution in [1.82, 2.24) is 14.5 Å². The van der Waals surface area contributed by atoms with Crippen molar-refractivity contribution in [1.29, 1.82) is 0 Å². The molecule has 2 rings (SSSR count). The Morgan fingerprint density at radius 3 is 2.75 bits per heavy atom. The van der Waals surface area contributed by atoms with Crippen molar-refractivity contribution in [3.8, 4) is 0 Å². The fourth-order valence-electron chi connectivity index (χ4n) is 2.17. The van der Waals surface area contributed by atoms with Gasteiger partial charge >= 0.3 is 0 Å². The smallest absolute Gasteiger partial charge is 0.160 e. The number of hydrogen-bond acceptors (Lipinski definition) is 3. The lowest BCUT2D eigenvalue weighted by Gasteiger charge is -2.09. The van der Waals surface area contributed by atoms with Crippen molar-refractivity contribution in [2.75, 3.05) is 6.61 Å². The number of nitrogens with zero attached hydrogens (tertiary/aromatic N) is 3. The molecule has 5 heteroatoms. The molecular weight excluding hydrogens is 274 g/mol. The van der Waals surface area contributed by atoms with Crippen molar-refractivity contribution in [3.63, 3.8) is 0 Å². The largest absolute Gasteiger partial charge is 0.379 e. The van der Waals surface area contributed by atoms with Gasteiger partial charge in [0.1, 0.15) is 11.3 Å². The number of imidazole rings is 1. The second-order valence-electron chi connectivity index (χ2n) is 5.24. The summed E-state index contributed by atoms with van der Waals surface area (Å²) in [6, 6.07) is 3.99. The Morgan fingerprint density at radius 1 is 1.25 bits per heavy atom. The zero-order chi connectivity index (χ0) is 14.5. The molecule has 0 fully saturated rings. The van der Waals surface area contributed by atoms with Crippen LogP contribution >= 0.6 is 11.6 Å². The highest BCUT2D eigenvalue weighted by Gasteiger charge is 2.11. The van der Waals surface area contributed by atoms with Crippen molar-refractivity contribution < 1.29 is 4.74 Å². The first-order chi connectivity index (χ1) is 9.61. The van der Waals surface area contributed by atoms with Gasteiger partial charge < -0.3 is 9.30 Å². The molecule has 20 heavy (non-hydrogen) atoms. The van der Waals surface area contributed by atoms with Gasteiger partial charge in [0.05, 0.1) is 12.0 Å². The maximum Gasteiger partial charge on any atom is 0.160 e. The average molecular weight is 296 g/mol. The second kappa shape index (κ2) is 7.04. The predicted octanol–water partition coefficient (Wildman–Crippen LogP) is 3.68. The normalized spacial score (nSPS) is 11.7. The Balaban J connectivity index is 2.06. The first-order valence-corrected chi connectivity index (χ1v) is 7.65. The van der Waals surface area contributed by atoms with Crippen LogP contribution in [0.2, 0.25) is 0 Å². The van der Waals surface area contributed by atoms with Crippen LogP contribution in [0.15, 0.2) is 12.1 Å². The van der Waals surface area contributed by atoms with Crippen LogP contribution in [0.3, 0.4) is 0 Å². The lowest BCUT2D eigenvalue weighted by molar-refractivity contribution is 0.0754. The lowest BCUT2D eigenvalue weighted by atomic mass is 10.3. The number of rotatable bonds is 7. The molecule has 2 aromatic rings. The van der Waals surface area contributed by atoms with Crippen LogP contribution in [-0.2, 0) is 17.2 Å². The standard InChI is InChI=1S/C15H22ClN3O/c1-11(2)20-9-5-4-8-19-14(10-16)18-13-7-6-12(3)17-15(13)19/h6-7,11H,4-5,8-10H2,1-3H3. The molecule has 0 amide bonds. The fraction of sp³-hybridized carbons (Fsp3) is 0.600. The summed E-state index contributed by atoms with van der Waals surface area (Å²) in [5, 5.41) is 0. The highest BCUT2D eigenvalue weighted by atomic mass is 35.5. The molecule has 0 aliphatic heterocycles. The molecule has 0 saturated heterocycles. The van der Waals surface area contributed by atoms with E-state index >= 15 is 0 Å². The van der Waals surface area contributed by atoms with Gasteiger partial charge in [-0.1, -0.05) is 0 Å². The number of aromatic nitrogens is 3. The van der Waals surface area contributed by atoms with E-state index in [1.807, 2.05) is 19.1 Å². The number of fused-ring (bicyclic) bond motifs is 1. The van der Waals surface area contributed by atoms with Crippen LogP contribution in [0.4, 0.5) is 0 Å². The Kier molecular flexibility index (Phi) is 5.38. The van der Waals surface area contributed by atoms with Crippen LogP contribution in [0, 0.1) is 6.92 Å². The van der Waals surface area contributed by atoms with E-state index in [1.165, 1.54) is 0 Å². The van der Waals surface area contributed by atoms with Crippen LogP contribution in [-0.4, -0.2) is 27.2 Å². The van der Waals surface area contributed by atoms with E-state index in [0.717, 1.165) is 48.7 Å². The third kappa shape index (κ3) is 3.70. The summed E-state index contributed by atoms with van der Waals surface area (Å²) in [4.78, 5) is 9.12. The van der Waals surface area contributed by atoms with Crippen LogP contribution in [0.25, 0.3) is 11.2 Å². The van der Waals surface area contributed by atoms with Crippen LogP contribution < -0.4 is 0 Å². The van der Waals surface area contributed by atoms with Gasteiger partial charge in [0.25, 0.3) is 0 Å². The maximum absolute atomic E-state index is 5.99. The SMILES string of the molecule is Cc1ccc2nc(CCl)n(CCCCOC(C)C)c2n1. The molecule has 0 atom stereocenters. The number of alkyl halides is 1. The zero-order valence-corrected chi connectivity index (χ0v) is 13.2. The number of aryl methyl sites for hydroxylation is 2. The average Bonchev–Trinajstić information content (AvgIpc) is 2.75. The molecule has 2 heterocycles. The number of pyridine rings is 1. The van der Waals surface area contributed by atoms with Crippen molar-refractivity contribution in [2.24, 2.45) is 0 Å². The van der Waals surface area contributed by atoms with Gasteiger partial charge in [0.15, 0.2) is 5.65 Å². The molecule has 0 spiro atoms. The molecule has 0 N–H and O–H groups in total. The third-order valence-electron chi connectivity index (χ3n) is 3.16. The Bertz CT molecular complexity index is 565. The number of hydrogen-bond donors (Lipinski definition) is 0. The summed E-state index contributed by atoms with van der Waals surface area (Å²) in [5.41, 5.74) is 2.86. The summed E-state index contributed by atoms with van der Waals surface area (Å²) < 4.78 is 7.69. The summed E-state index contributed by atoms with van der Waals surface area (Å²) >= 11 is 5.99. The quantitative estimate of drug-likeness (QED) is 0.578. The highest BCUT2D eigenvalue weighted by molar-refractivity contribution is 6.16. The molecular formula is C15H22ClN3O. The van der Waals surface area contributed by atoms with E-state index in [1.54, 1.807) is 0 Å². The Morgan fingerprint density at radius 2 is 2.05 bits per heavy atom. The van der Waals surface area contributed by atoms with E-state index < -0.39 is 0 Å². The lowest BCUT2D eigenvalue weighted by Crippen LogP contribution is -2.07. The van der Waals surface area contributed by atoms with E-state index in [-0.39, 0.29) is 0 Å². The topological polar surface area (TPSA) is 39.9 Å². The molecule has 110 valence electrons. The minimum Gasteiger partial charge on any atom is -0.379 e. The van der Waals surface area contributed by atoms with Gasteiger partial charge in [-0.05, 0) is 45.7 Å². The van der Waals surface area contributed by atoms with Crippen molar-refractivity contribution >= 4 is 22.8 Å². The first-order valence-electron chi connectivity index (χ1n) is 7.12. The minimum atomic E-state index is 0.298. The third-order valence-corrected chi connectivity index (χ3v) is 3.40. The number of ether oxygens (including phenoxy) is 1. The first kappa shape index (κ1) is 15.3. The van der Waals surface area contributed by atoms with Gasteiger partial charge in [-0.15, -0.1) is 11.6 Å². The summed E-state index contributed by atoms with van der Waals surface area (Å²) in [6.45, 7) is 7.79. The van der Waals surface area contributed by atoms with Crippen LogP contribution in [0.5, 0.6) is 0 Å². The molecule has 4 nitrogen and oxygen atoms in total. The molecule has 0 unspecified atom stereocenters. The molecule has 0 bridgehead atoms. The Hall–Kier alpha value is -1.13. The molecule has 2 aromatic heterocycles. The molecule has 0 aromatic carbocycles. The zero-order valence-electron chi connectivity index (χ0n) is 12.4. The monoisotopic (exact) mass is 295 g/mol. The van der Waals surface area contributed by atoms with Gasteiger partial charge in [0.2, 0.25) is 0 Å². The van der Waals surface area contributed by atoms with E-state index in [0.29, 0.717) is 12.0 Å². The summed E-state index contributed by atoms with van der Waals surface area (Å²) in [7, 11) is 0. The summed E-state index contributed by atoms with van der Waals surface area (Å²) in [6.07, 6.45) is 2.37. The van der Waals surface area contributed by atoms with Gasteiger partial charge in [-0.25, -0.2) is 9.97 Å². The second-order valence-corrected chi connectivity index (χ2v) is 5.50. The number of unbranched alkanes of at least 4 members (excludes halogenated alkanes) is 1.